The lowest BCUT2D eigenvalue weighted by Gasteiger charge is -2.29. The van der Waals surface area contributed by atoms with Crippen molar-refractivity contribution in [1.29, 1.82) is 0 Å². The Labute approximate surface area is 104 Å². The molecule has 0 bridgehead atoms. The lowest BCUT2D eigenvalue weighted by molar-refractivity contribution is 0.329. The van der Waals surface area contributed by atoms with Gasteiger partial charge in [-0.2, -0.15) is 0 Å². The van der Waals surface area contributed by atoms with E-state index >= 15 is 0 Å². The van der Waals surface area contributed by atoms with E-state index in [9.17, 15) is 0 Å². The van der Waals surface area contributed by atoms with Crippen LogP contribution in [0.5, 0.6) is 5.75 Å². The van der Waals surface area contributed by atoms with Crippen LogP contribution in [0.3, 0.4) is 0 Å². The van der Waals surface area contributed by atoms with Gasteiger partial charge in [0.1, 0.15) is 5.75 Å². The first-order chi connectivity index (χ1) is 8.35. The maximum absolute atomic E-state index is 5.41. The van der Waals surface area contributed by atoms with Crippen molar-refractivity contribution in [1.82, 2.24) is 10.3 Å². The molecule has 0 aromatic carbocycles. The fourth-order valence-corrected chi connectivity index (χ4v) is 2.79. The summed E-state index contributed by atoms with van der Waals surface area (Å²) >= 11 is 0. The molecule has 1 heterocycles. The van der Waals surface area contributed by atoms with Crippen molar-refractivity contribution < 1.29 is 4.74 Å². The number of aromatic nitrogens is 1. The molecule has 1 aromatic rings. The minimum atomic E-state index is 0.545. The molecule has 94 valence electrons. The van der Waals surface area contributed by atoms with Crippen LogP contribution in [0.4, 0.5) is 0 Å². The highest BCUT2D eigenvalue weighted by Gasteiger charge is 2.25. The van der Waals surface area contributed by atoms with Crippen molar-refractivity contribution >= 4 is 0 Å². The largest absolute Gasteiger partial charge is 0.495 e. The Kier molecular flexibility index (Phi) is 4.37. The Morgan fingerprint density at radius 1 is 1.47 bits per heavy atom. The van der Waals surface area contributed by atoms with Crippen LogP contribution in [0, 0.1) is 0 Å². The van der Waals surface area contributed by atoms with E-state index in [-0.39, 0.29) is 0 Å². The molecule has 2 atom stereocenters. The Morgan fingerprint density at radius 3 is 3.12 bits per heavy atom. The van der Waals surface area contributed by atoms with E-state index in [1.807, 2.05) is 18.3 Å². The van der Waals surface area contributed by atoms with Gasteiger partial charge in [-0.05, 0) is 37.9 Å². The third-order valence-corrected chi connectivity index (χ3v) is 3.57. The van der Waals surface area contributed by atoms with E-state index in [0.717, 1.165) is 18.0 Å². The van der Waals surface area contributed by atoms with Crippen LogP contribution in [0.25, 0.3) is 0 Å². The first-order valence-corrected chi connectivity index (χ1v) is 6.57. The Morgan fingerprint density at radius 2 is 2.35 bits per heavy atom. The van der Waals surface area contributed by atoms with Crippen molar-refractivity contribution in [2.24, 2.45) is 0 Å². The third-order valence-electron chi connectivity index (χ3n) is 3.57. The molecular formula is C14H22N2O. The Bertz CT molecular complexity index is 352. The predicted molar refractivity (Wildman–Crippen MR) is 69.5 cm³/mol. The summed E-state index contributed by atoms with van der Waals surface area (Å²) in [4.78, 5) is 4.51. The van der Waals surface area contributed by atoms with E-state index in [0.29, 0.717) is 12.0 Å². The minimum Gasteiger partial charge on any atom is -0.495 e. The van der Waals surface area contributed by atoms with Gasteiger partial charge >= 0.3 is 0 Å². The summed E-state index contributed by atoms with van der Waals surface area (Å²) in [6.07, 6.45) is 6.85. The SMILES string of the molecule is CCNC1CCCC(c2ncccc2OC)C1. The lowest BCUT2D eigenvalue weighted by Crippen LogP contribution is -2.33. The molecule has 3 nitrogen and oxygen atoms in total. The summed E-state index contributed by atoms with van der Waals surface area (Å²) in [5, 5.41) is 3.55. The Balaban J connectivity index is 2.10. The second-order valence-corrected chi connectivity index (χ2v) is 4.71. The highest BCUT2D eigenvalue weighted by atomic mass is 16.5. The molecule has 0 spiro atoms. The van der Waals surface area contributed by atoms with Gasteiger partial charge in [0.15, 0.2) is 0 Å². The molecule has 1 fully saturated rings. The monoisotopic (exact) mass is 234 g/mol. The summed E-state index contributed by atoms with van der Waals surface area (Å²) in [6.45, 7) is 3.22. The molecule has 1 N–H and O–H groups in total. The number of pyridine rings is 1. The summed E-state index contributed by atoms with van der Waals surface area (Å²) < 4.78 is 5.41. The summed E-state index contributed by atoms with van der Waals surface area (Å²) in [7, 11) is 1.73. The fourth-order valence-electron chi connectivity index (χ4n) is 2.79. The molecule has 1 aliphatic carbocycles. The van der Waals surface area contributed by atoms with Gasteiger partial charge in [0.2, 0.25) is 0 Å². The zero-order valence-electron chi connectivity index (χ0n) is 10.8. The van der Waals surface area contributed by atoms with Crippen LogP contribution in [0.1, 0.15) is 44.2 Å². The molecule has 1 saturated carbocycles. The second kappa shape index (κ2) is 6.01. The normalized spacial score (nSPS) is 24.6. The van der Waals surface area contributed by atoms with Crippen molar-refractivity contribution in [2.75, 3.05) is 13.7 Å². The zero-order chi connectivity index (χ0) is 12.1. The van der Waals surface area contributed by atoms with E-state index in [1.54, 1.807) is 7.11 Å². The molecular weight excluding hydrogens is 212 g/mol. The Hall–Kier alpha value is -1.09. The lowest BCUT2D eigenvalue weighted by atomic mass is 9.83. The topological polar surface area (TPSA) is 34.2 Å². The number of hydrogen-bond donors (Lipinski definition) is 1. The fraction of sp³-hybridized carbons (Fsp3) is 0.643. The van der Waals surface area contributed by atoms with Gasteiger partial charge in [0.05, 0.1) is 12.8 Å². The molecule has 0 amide bonds. The molecule has 1 aliphatic rings. The van der Waals surface area contributed by atoms with Gasteiger partial charge in [-0.15, -0.1) is 0 Å². The minimum absolute atomic E-state index is 0.545. The average Bonchev–Trinajstić information content (AvgIpc) is 2.39. The quantitative estimate of drug-likeness (QED) is 0.869. The predicted octanol–water partition coefficient (Wildman–Crippen LogP) is 2.73. The maximum Gasteiger partial charge on any atom is 0.140 e. The molecule has 0 radical (unpaired) electrons. The van der Waals surface area contributed by atoms with E-state index in [1.165, 1.54) is 25.7 Å². The van der Waals surface area contributed by atoms with Gasteiger partial charge < -0.3 is 10.1 Å². The van der Waals surface area contributed by atoms with Crippen molar-refractivity contribution in [2.45, 2.75) is 44.6 Å². The van der Waals surface area contributed by atoms with Crippen molar-refractivity contribution in [3.63, 3.8) is 0 Å². The average molecular weight is 234 g/mol. The molecule has 2 unspecified atom stereocenters. The van der Waals surface area contributed by atoms with Gasteiger partial charge in [-0.1, -0.05) is 13.3 Å². The van der Waals surface area contributed by atoms with Crippen LogP contribution in [-0.2, 0) is 0 Å². The number of ether oxygens (including phenoxy) is 1. The number of hydrogen-bond acceptors (Lipinski definition) is 3. The maximum atomic E-state index is 5.41. The molecule has 3 heteroatoms. The van der Waals surface area contributed by atoms with Gasteiger partial charge in [-0.25, -0.2) is 0 Å². The zero-order valence-corrected chi connectivity index (χ0v) is 10.8. The summed E-state index contributed by atoms with van der Waals surface area (Å²) in [5.41, 5.74) is 1.14. The van der Waals surface area contributed by atoms with Gasteiger partial charge in [0, 0.05) is 18.2 Å². The van der Waals surface area contributed by atoms with Crippen LogP contribution in [-0.4, -0.2) is 24.7 Å². The van der Waals surface area contributed by atoms with Crippen molar-refractivity contribution in [3.8, 4) is 5.75 Å². The summed E-state index contributed by atoms with van der Waals surface area (Å²) in [5.74, 6) is 1.48. The summed E-state index contributed by atoms with van der Waals surface area (Å²) in [6, 6.07) is 4.59. The molecule has 0 aliphatic heterocycles. The van der Waals surface area contributed by atoms with Crippen LogP contribution in [0.15, 0.2) is 18.3 Å². The first-order valence-electron chi connectivity index (χ1n) is 6.57. The standard InChI is InChI=1S/C14H22N2O/c1-3-15-12-7-4-6-11(10-12)14-13(17-2)8-5-9-16-14/h5,8-9,11-12,15H,3-4,6-7,10H2,1-2H3. The first kappa shape index (κ1) is 12.4. The van der Waals surface area contributed by atoms with E-state index in [2.05, 4.69) is 17.2 Å². The van der Waals surface area contributed by atoms with Crippen LogP contribution >= 0.6 is 0 Å². The molecule has 0 saturated heterocycles. The van der Waals surface area contributed by atoms with Crippen LogP contribution < -0.4 is 10.1 Å². The van der Waals surface area contributed by atoms with Gasteiger partial charge in [-0.3, -0.25) is 4.98 Å². The van der Waals surface area contributed by atoms with Gasteiger partial charge in [0.25, 0.3) is 0 Å². The molecule has 1 aromatic heterocycles. The number of nitrogens with one attached hydrogen (secondary N) is 1. The van der Waals surface area contributed by atoms with E-state index in [4.69, 9.17) is 4.74 Å². The highest BCUT2D eigenvalue weighted by Crippen LogP contribution is 2.35. The number of methoxy groups -OCH3 is 1. The third kappa shape index (κ3) is 2.97. The molecule has 17 heavy (non-hydrogen) atoms. The number of rotatable bonds is 4. The highest BCUT2D eigenvalue weighted by molar-refractivity contribution is 5.30. The molecule has 2 rings (SSSR count). The number of nitrogens with zero attached hydrogens (tertiary/aromatic N) is 1. The van der Waals surface area contributed by atoms with Crippen LogP contribution in [0.2, 0.25) is 0 Å². The smallest absolute Gasteiger partial charge is 0.140 e. The second-order valence-electron chi connectivity index (χ2n) is 4.71. The van der Waals surface area contributed by atoms with E-state index < -0.39 is 0 Å². The van der Waals surface area contributed by atoms with Crippen molar-refractivity contribution in [3.05, 3.63) is 24.0 Å².